The van der Waals surface area contributed by atoms with Gasteiger partial charge in [-0.15, -0.1) is 0 Å². The molecule has 0 aliphatic heterocycles. The second-order valence-electron chi connectivity index (χ2n) is 10.5. The average molecular weight is 453 g/mol. The number of aryl methyl sites for hydroxylation is 1. The third kappa shape index (κ3) is 5.09. The zero-order valence-corrected chi connectivity index (χ0v) is 22.8. The van der Waals surface area contributed by atoms with Crippen molar-refractivity contribution >= 4 is 24.3 Å². The highest BCUT2D eigenvalue weighted by atomic mass is 28.3. The van der Waals surface area contributed by atoms with E-state index in [0.717, 1.165) is 0 Å². The molecule has 32 heavy (non-hydrogen) atoms. The molecule has 1 N–H and O–H groups in total. The number of hydrogen-bond donors (Lipinski definition) is 1. The molecule has 1 fully saturated rings. The molecule has 0 radical (unpaired) electrons. The topological polar surface area (TPSA) is 19.0 Å². The van der Waals surface area contributed by atoms with Crippen molar-refractivity contribution < 1.29 is 0 Å². The van der Waals surface area contributed by atoms with E-state index in [0.29, 0.717) is 5.54 Å². The van der Waals surface area contributed by atoms with Crippen LogP contribution in [0.25, 0.3) is 10.9 Å². The molecule has 0 amide bonds. The van der Waals surface area contributed by atoms with Gasteiger partial charge >= 0.3 is 0 Å². The molecular formula is C29H48N2Si. The largest absolute Gasteiger partial charge is 0.362 e. The maximum absolute atomic E-state index is 3.92. The first-order chi connectivity index (χ1) is 15.4. The fourth-order valence-electron chi connectivity index (χ4n) is 6.28. The van der Waals surface area contributed by atoms with Crippen LogP contribution in [-0.4, -0.2) is 37.6 Å². The summed E-state index contributed by atoms with van der Waals surface area (Å²) in [5.74, 6) is 0. The van der Waals surface area contributed by atoms with Crippen molar-refractivity contribution in [3.63, 3.8) is 0 Å². The van der Waals surface area contributed by atoms with Gasteiger partial charge in [0, 0.05) is 21.8 Å². The van der Waals surface area contributed by atoms with Crippen LogP contribution in [0.1, 0.15) is 84.6 Å². The molecule has 0 saturated heterocycles. The Morgan fingerprint density at radius 1 is 1.00 bits per heavy atom. The summed E-state index contributed by atoms with van der Waals surface area (Å²) >= 11 is 0. The third-order valence-corrected chi connectivity index (χ3v) is 14.5. The first kappa shape index (κ1) is 25.3. The first-order valence-corrected chi connectivity index (χ1v) is 16.0. The molecular weight excluding hydrogens is 404 g/mol. The number of aromatic nitrogens is 1. The maximum Gasteiger partial charge on any atom is 0.107 e. The Kier molecular flexibility index (Phi) is 8.86. The van der Waals surface area contributed by atoms with E-state index in [9.17, 15) is 0 Å². The van der Waals surface area contributed by atoms with E-state index in [4.69, 9.17) is 0 Å². The summed E-state index contributed by atoms with van der Waals surface area (Å²) in [5.41, 5.74) is 5.13. The smallest absolute Gasteiger partial charge is 0.107 e. The van der Waals surface area contributed by atoms with E-state index >= 15 is 0 Å². The summed E-state index contributed by atoms with van der Waals surface area (Å²) in [7, 11) is 3.16. The Bertz CT molecular complexity index is 869. The van der Waals surface area contributed by atoms with Gasteiger partial charge in [0.05, 0.1) is 0 Å². The lowest BCUT2D eigenvalue weighted by Gasteiger charge is -2.44. The number of unbranched alkanes of at least 4 members (excludes halogenated alkanes) is 1. The van der Waals surface area contributed by atoms with Crippen molar-refractivity contribution in [2.45, 2.75) is 109 Å². The Balaban J connectivity index is 1.76. The van der Waals surface area contributed by atoms with Crippen LogP contribution in [0.5, 0.6) is 0 Å². The third-order valence-electron chi connectivity index (χ3n) is 8.97. The lowest BCUT2D eigenvalue weighted by Crippen LogP contribution is -2.48. The van der Waals surface area contributed by atoms with Gasteiger partial charge in [-0.2, -0.15) is 0 Å². The lowest BCUT2D eigenvalue weighted by atomic mass is 9.75. The SMILES string of the molecule is CCCCC1(N(C)C)CCC(=CCCc2c([Si](CC)(CC)CC)[nH]c3ccccc23)CC1. The van der Waals surface area contributed by atoms with Crippen LogP contribution in [-0.2, 0) is 6.42 Å². The van der Waals surface area contributed by atoms with Crippen molar-refractivity contribution in [3.05, 3.63) is 41.5 Å². The number of hydrogen-bond acceptors (Lipinski definition) is 1. The van der Waals surface area contributed by atoms with Gasteiger partial charge in [-0.25, -0.2) is 0 Å². The Hall–Kier alpha value is -1.32. The predicted octanol–water partition coefficient (Wildman–Crippen LogP) is 7.81. The molecule has 1 aromatic carbocycles. The van der Waals surface area contributed by atoms with Gasteiger partial charge in [-0.3, -0.25) is 0 Å². The number of nitrogens with zero attached hydrogens (tertiary/aromatic N) is 1. The van der Waals surface area contributed by atoms with Crippen molar-refractivity contribution in [1.29, 1.82) is 0 Å². The molecule has 1 aliphatic carbocycles. The fourth-order valence-corrected chi connectivity index (χ4v) is 10.1. The molecule has 0 bridgehead atoms. The molecule has 2 aromatic rings. The van der Waals surface area contributed by atoms with Crippen molar-refractivity contribution in [2.75, 3.05) is 14.1 Å². The minimum Gasteiger partial charge on any atom is -0.362 e. The minimum absolute atomic E-state index is 0.436. The number of fused-ring (bicyclic) bond motifs is 1. The highest BCUT2D eigenvalue weighted by Crippen LogP contribution is 2.39. The summed E-state index contributed by atoms with van der Waals surface area (Å²) in [6.45, 7) is 9.60. The van der Waals surface area contributed by atoms with Gasteiger partial charge < -0.3 is 9.88 Å². The van der Waals surface area contributed by atoms with E-state index in [1.165, 1.54) is 86.8 Å². The predicted molar refractivity (Wildman–Crippen MR) is 146 cm³/mol. The van der Waals surface area contributed by atoms with Crippen LogP contribution < -0.4 is 5.32 Å². The zero-order chi connectivity index (χ0) is 23.2. The number of para-hydroxylation sites is 1. The number of H-pyrrole nitrogens is 1. The number of rotatable bonds is 11. The van der Waals surface area contributed by atoms with Crippen LogP contribution in [0, 0.1) is 0 Å². The summed E-state index contributed by atoms with van der Waals surface area (Å²) in [4.78, 5) is 6.45. The standard InChI is InChI=1S/C29H48N2Si/c1-7-11-21-29(31(5)6)22-19-24(20-23-29)15-14-17-26-25-16-12-13-18-27(25)30-28(26)32(8-2,9-3)10-4/h12-13,15-16,18,30H,7-11,14,17,19-23H2,1-6H3. The lowest BCUT2D eigenvalue weighted by molar-refractivity contribution is 0.101. The van der Waals surface area contributed by atoms with Gasteiger partial charge in [0.2, 0.25) is 0 Å². The molecule has 3 heteroatoms. The number of nitrogens with one attached hydrogen (secondary N) is 1. The molecule has 2 nitrogen and oxygen atoms in total. The molecule has 3 rings (SSSR count). The molecule has 0 unspecified atom stereocenters. The molecule has 0 spiro atoms. The normalized spacial score (nSPS) is 19.8. The van der Waals surface area contributed by atoms with Crippen molar-refractivity contribution in [3.8, 4) is 0 Å². The Morgan fingerprint density at radius 2 is 1.66 bits per heavy atom. The van der Waals surface area contributed by atoms with E-state index < -0.39 is 8.07 Å². The van der Waals surface area contributed by atoms with Crippen LogP contribution in [0.2, 0.25) is 18.1 Å². The van der Waals surface area contributed by atoms with Gasteiger partial charge in [0.25, 0.3) is 0 Å². The van der Waals surface area contributed by atoms with Crippen LogP contribution >= 0.6 is 0 Å². The van der Waals surface area contributed by atoms with Crippen molar-refractivity contribution in [1.82, 2.24) is 9.88 Å². The summed E-state index contributed by atoms with van der Waals surface area (Å²) in [6, 6.07) is 13.0. The van der Waals surface area contributed by atoms with E-state index in [-0.39, 0.29) is 0 Å². The second kappa shape index (κ2) is 11.2. The quantitative estimate of drug-likeness (QED) is 0.272. The number of allylic oxidation sites excluding steroid dienone is 2. The molecule has 1 heterocycles. The maximum atomic E-state index is 3.92. The van der Waals surface area contributed by atoms with E-state index in [2.05, 4.69) is 82.0 Å². The first-order valence-electron chi connectivity index (χ1n) is 13.4. The monoisotopic (exact) mass is 452 g/mol. The zero-order valence-electron chi connectivity index (χ0n) is 21.8. The van der Waals surface area contributed by atoms with Gasteiger partial charge in [0.1, 0.15) is 8.07 Å². The number of benzene rings is 1. The Labute approximate surface area is 198 Å². The van der Waals surface area contributed by atoms with Crippen LogP contribution in [0.4, 0.5) is 0 Å². The summed E-state index contributed by atoms with van der Waals surface area (Å²) in [5, 5.41) is 3.13. The molecule has 1 aliphatic rings. The Morgan fingerprint density at radius 3 is 2.25 bits per heavy atom. The van der Waals surface area contributed by atoms with E-state index in [1.54, 1.807) is 16.5 Å². The van der Waals surface area contributed by atoms with Gasteiger partial charge in [-0.05, 0) is 70.7 Å². The number of aromatic amines is 1. The molecule has 1 saturated carbocycles. The van der Waals surface area contributed by atoms with Crippen molar-refractivity contribution in [2.24, 2.45) is 0 Å². The summed E-state index contributed by atoms with van der Waals surface area (Å²) in [6.07, 6.45) is 14.3. The molecule has 1 aromatic heterocycles. The van der Waals surface area contributed by atoms with Gasteiger partial charge in [0.15, 0.2) is 0 Å². The average Bonchev–Trinajstić information content (AvgIpc) is 3.19. The molecule has 0 atom stereocenters. The highest BCUT2D eigenvalue weighted by molar-refractivity contribution is 6.91. The van der Waals surface area contributed by atoms with E-state index in [1.807, 2.05) is 0 Å². The summed E-state index contributed by atoms with van der Waals surface area (Å²) < 4.78 is 0. The van der Waals surface area contributed by atoms with Gasteiger partial charge in [-0.1, -0.05) is 88.5 Å². The van der Waals surface area contributed by atoms with Crippen LogP contribution in [0.15, 0.2) is 35.9 Å². The highest BCUT2D eigenvalue weighted by Gasteiger charge is 2.35. The minimum atomic E-state index is -1.44. The second-order valence-corrected chi connectivity index (χ2v) is 15.7. The fraction of sp³-hybridized carbons (Fsp3) is 0.655. The van der Waals surface area contributed by atoms with Crippen LogP contribution in [0.3, 0.4) is 0 Å². The molecule has 178 valence electrons.